The van der Waals surface area contributed by atoms with E-state index in [0.717, 1.165) is 27.0 Å². The lowest BCUT2D eigenvalue weighted by atomic mass is 9.97. The Bertz CT molecular complexity index is 716. The van der Waals surface area contributed by atoms with Crippen molar-refractivity contribution in [2.24, 2.45) is 5.92 Å². The Hall–Kier alpha value is -1.72. The smallest absolute Gasteiger partial charge is 0.238 e. The number of pyridine rings is 1. The summed E-state index contributed by atoms with van der Waals surface area (Å²) in [6, 6.07) is 9.87. The average Bonchev–Trinajstić information content (AvgIpc) is 2.51. The van der Waals surface area contributed by atoms with Crippen LogP contribution in [0.25, 0.3) is 0 Å². The van der Waals surface area contributed by atoms with E-state index >= 15 is 0 Å². The molecule has 0 saturated carbocycles. The van der Waals surface area contributed by atoms with Gasteiger partial charge in [0.15, 0.2) is 0 Å². The van der Waals surface area contributed by atoms with E-state index in [1.54, 1.807) is 6.20 Å². The quantitative estimate of drug-likeness (QED) is 0.770. The highest BCUT2D eigenvalue weighted by atomic mass is 79.9. The third-order valence-electron chi connectivity index (χ3n) is 3.89. The lowest BCUT2D eigenvalue weighted by Gasteiger charge is -2.23. The molecule has 1 aromatic carbocycles. The number of nitrogens with one attached hydrogen (secondary N) is 2. The minimum absolute atomic E-state index is 0.0402. The van der Waals surface area contributed by atoms with Crippen LogP contribution in [0.3, 0.4) is 0 Å². The molecule has 1 amide bonds. The standard InChI is InChI=1S/C19H24BrN3O/c1-12(2)18(19-14(4)6-5-9-21-19)22-11-17(24)23-16-8-7-13(3)10-15(16)20/h5-10,12,18,22H,11H2,1-4H3,(H,23,24). The van der Waals surface area contributed by atoms with Crippen molar-refractivity contribution in [2.75, 3.05) is 11.9 Å². The van der Waals surface area contributed by atoms with Gasteiger partial charge in [0.2, 0.25) is 5.91 Å². The maximum absolute atomic E-state index is 12.3. The van der Waals surface area contributed by atoms with Gasteiger partial charge in [0, 0.05) is 10.7 Å². The Morgan fingerprint density at radius 1 is 1.25 bits per heavy atom. The van der Waals surface area contributed by atoms with Gasteiger partial charge >= 0.3 is 0 Å². The molecule has 0 aliphatic rings. The summed E-state index contributed by atoms with van der Waals surface area (Å²) in [5.74, 6) is 0.260. The molecule has 0 aliphatic carbocycles. The van der Waals surface area contributed by atoms with Gasteiger partial charge in [-0.15, -0.1) is 0 Å². The van der Waals surface area contributed by atoms with Crippen LogP contribution in [0.2, 0.25) is 0 Å². The Morgan fingerprint density at radius 3 is 2.62 bits per heavy atom. The number of hydrogen-bond acceptors (Lipinski definition) is 3. The van der Waals surface area contributed by atoms with E-state index in [0.29, 0.717) is 5.92 Å². The van der Waals surface area contributed by atoms with Crippen LogP contribution >= 0.6 is 15.9 Å². The molecule has 2 rings (SSSR count). The molecule has 128 valence electrons. The van der Waals surface area contributed by atoms with Gasteiger partial charge in [0.05, 0.1) is 24.0 Å². The van der Waals surface area contributed by atoms with Crippen molar-refractivity contribution in [3.8, 4) is 0 Å². The molecule has 0 bridgehead atoms. The monoisotopic (exact) mass is 389 g/mol. The normalized spacial score (nSPS) is 12.2. The van der Waals surface area contributed by atoms with Gasteiger partial charge in [-0.2, -0.15) is 0 Å². The van der Waals surface area contributed by atoms with Crippen molar-refractivity contribution in [1.82, 2.24) is 10.3 Å². The minimum atomic E-state index is -0.0706. The molecule has 0 saturated heterocycles. The molecule has 2 N–H and O–H groups in total. The van der Waals surface area contributed by atoms with Crippen molar-refractivity contribution < 1.29 is 4.79 Å². The molecule has 0 aliphatic heterocycles. The third kappa shape index (κ3) is 4.89. The molecule has 24 heavy (non-hydrogen) atoms. The maximum Gasteiger partial charge on any atom is 0.238 e. The van der Waals surface area contributed by atoms with Crippen molar-refractivity contribution >= 4 is 27.5 Å². The van der Waals surface area contributed by atoms with Gasteiger partial charge < -0.3 is 5.32 Å². The zero-order valence-corrected chi connectivity index (χ0v) is 16.1. The van der Waals surface area contributed by atoms with Crippen LogP contribution in [0.5, 0.6) is 0 Å². The molecule has 1 aromatic heterocycles. The van der Waals surface area contributed by atoms with Crippen molar-refractivity contribution in [1.29, 1.82) is 0 Å². The number of benzene rings is 1. The fourth-order valence-electron chi connectivity index (χ4n) is 2.59. The Kier molecular flexibility index (Phi) is 6.52. The van der Waals surface area contributed by atoms with E-state index in [4.69, 9.17) is 0 Å². The second-order valence-electron chi connectivity index (χ2n) is 6.34. The molecular formula is C19H24BrN3O. The first-order chi connectivity index (χ1) is 11.4. The van der Waals surface area contributed by atoms with Crippen LogP contribution in [-0.4, -0.2) is 17.4 Å². The summed E-state index contributed by atoms with van der Waals surface area (Å²) < 4.78 is 0.886. The first-order valence-electron chi connectivity index (χ1n) is 8.09. The number of carbonyl (C=O) groups excluding carboxylic acids is 1. The van der Waals surface area contributed by atoms with E-state index in [1.165, 1.54) is 0 Å². The molecule has 0 radical (unpaired) electrons. The van der Waals surface area contributed by atoms with Crippen LogP contribution in [0.4, 0.5) is 5.69 Å². The highest BCUT2D eigenvalue weighted by molar-refractivity contribution is 9.10. The maximum atomic E-state index is 12.3. The lowest BCUT2D eigenvalue weighted by Crippen LogP contribution is -2.34. The van der Waals surface area contributed by atoms with E-state index < -0.39 is 0 Å². The van der Waals surface area contributed by atoms with Crippen LogP contribution < -0.4 is 10.6 Å². The predicted octanol–water partition coefficient (Wildman–Crippen LogP) is 4.39. The second-order valence-corrected chi connectivity index (χ2v) is 7.19. The molecule has 1 atom stereocenters. The van der Waals surface area contributed by atoms with Gasteiger partial charge in [0.25, 0.3) is 0 Å². The molecule has 2 aromatic rings. The van der Waals surface area contributed by atoms with Crippen LogP contribution in [0, 0.1) is 19.8 Å². The van der Waals surface area contributed by atoms with Crippen LogP contribution in [-0.2, 0) is 4.79 Å². The van der Waals surface area contributed by atoms with E-state index in [1.807, 2.05) is 44.2 Å². The number of anilines is 1. The zero-order valence-electron chi connectivity index (χ0n) is 14.6. The highest BCUT2D eigenvalue weighted by Gasteiger charge is 2.19. The van der Waals surface area contributed by atoms with E-state index in [-0.39, 0.29) is 18.5 Å². The fourth-order valence-corrected chi connectivity index (χ4v) is 3.18. The molecule has 0 fully saturated rings. The van der Waals surface area contributed by atoms with Gasteiger partial charge in [-0.1, -0.05) is 26.0 Å². The molecule has 4 nitrogen and oxygen atoms in total. The van der Waals surface area contributed by atoms with Crippen LogP contribution in [0.15, 0.2) is 41.0 Å². The predicted molar refractivity (Wildman–Crippen MR) is 102 cm³/mol. The summed E-state index contributed by atoms with van der Waals surface area (Å²) in [4.78, 5) is 16.8. The Morgan fingerprint density at radius 2 is 2.00 bits per heavy atom. The fraction of sp³-hybridized carbons (Fsp3) is 0.368. The molecular weight excluding hydrogens is 366 g/mol. The first kappa shape index (κ1) is 18.6. The summed E-state index contributed by atoms with van der Waals surface area (Å²) >= 11 is 3.48. The number of aryl methyl sites for hydroxylation is 2. The second kappa shape index (κ2) is 8.40. The summed E-state index contributed by atoms with van der Waals surface area (Å²) in [5, 5.41) is 6.27. The number of hydrogen-bond donors (Lipinski definition) is 2. The first-order valence-corrected chi connectivity index (χ1v) is 8.88. The van der Waals surface area contributed by atoms with E-state index in [9.17, 15) is 4.79 Å². The van der Waals surface area contributed by atoms with Gasteiger partial charge in [-0.05, 0) is 65.0 Å². The van der Waals surface area contributed by atoms with Crippen molar-refractivity contribution in [2.45, 2.75) is 33.7 Å². The molecule has 1 unspecified atom stereocenters. The summed E-state index contributed by atoms with van der Waals surface area (Å²) in [5.41, 5.74) is 4.05. The third-order valence-corrected chi connectivity index (χ3v) is 4.55. The van der Waals surface area contributed by atoms with Gasteiger partial charge in [0.1, 0.15) is 0 Å². The number of nitrogens with zero attached hydrogens (tertiary/aromatic N) is 1. The lowest BCUT2D eigenvalue weighted by molar-refractivity contribution is -0.115. The zero-order chi connectivity index (χ0) is 17.7. The highest BCUT2D eigenvalue weighted by Crippen LogP contribution is 2.24. The van der Waals surface area contributed by atoms with Gasteiger partial charge in [-0.3, -0.25) is 15.1 Å². The largest absolute Gasteiger partial charge is 0.324 e. The minimum Gasteiger partial charge on any atom is -0.324 e. The molecule has 0 spiro atoms. The van der Waals surface area contributed by atoms with Crippen molar-refractivity contribution in [3.05, 3.63) is 57.8 Å². The number of aromatic nitrogens is 1. The Labute approximate surface area is 152 Å². The molecule has 1 heterocycles. The summed E-state index contributed by atoms with van der Waals surface area (Å²) in [7, 11) is 0. The number of amides is 1. The number of rotatable bonds is 6. The van der Waals surface area contributed by atoms with Crippen LogP contribution in [0.1, 0.15) is 36.7 Å². The number of halogens is 1. The molecule has 5 heteroatoms. The SMILES string of the molecule is Cc1ccc(NC(=O)CNC(c2ncccc2C)C(C)C)c(Br)c1. The Balaban J connectivity index is 2.02. The summed E-state index contributed by atoms with van der Waals surface area (Å²) in [6.07, 6.45) is 1.79. The van der Waals surface area contributed by atoms with Gasteiger partial charge in [-0.25, -0.2) is 0 Å². The average molecular weight is 390 g/mol. The van der Waals surface area contributed by atoms with Crippen molar-refractivity contribution in [3.63, 3.8) is 0 Å². The summed E-state index contributed by atoms with van der Waals surface area (Å²) in [6.45, 7) is 8.54. The topological polar surface area (TPSA) is 54.0 Å². The van der Waals surface area contributed by atoms with E-state index in [2.05, 4.69) is 45.4 Å². The number of carbonyl (C=O) groups is 1.